The number of rotatable bonds is 6. The van der Waals surface area contributed by atoms with Crippen LogP contribution in [0.1, 0.15) is 46.7 Å². The highest BCUT2D eigenvalue weighted by Gasteiger charge is 2.33. The van der Waals surface area contributed by atoms with Gasteiger partial charge in [0.05, 0.1) is 30.4 Å². The highest BCUT2D eigenvalue weighted by molar-refractivity contribution is 7.17. The van der Waals surface area contributed by atoms with Gasteiger partial charge in [0.25, 0.3) is 0 Å². The maximum absolute atomic E-state index is 11.1. The van der Waals surface area contributed by atoms with E-state index < -0.39 is 6.10 Å². The van der Waals surface area contributed by atoms with Crippen molar-refractivity contribution in [1.82, 2.24) is 24.4 Å². The van der Waals surface area contributed by atoms with Crippen molar-refractivity contribution in [2.24, 2.45) is 0 Å². The van der Waals surface area contributed by atoms with Gasteiger partial charge in [-0.2, -0.15) is 0 Å². The number of fused-ring (bicyclic) bond motifs is 1. The molecule has 1 atom stereocenters. The molecule has 0 bridgehead atoms. The normalized spacial score (nSPS) is 15.5. The number of nitrogens with zero attached hydrogens (tertiary/aromatic N) is 5. The van der Waals surface area contributed by atoms with Crippen molar-refractivity contribution < 1.29 is 9.84 Å². The second-order valence-electron chi connectivity index (χ2n) is 6.82. The van der Waals surface area contributed by atoms with Gasteiger partial charge in [-0.3, -0.25) is 4.40 Å². The average molecular weight is 381 g/mol. The molecule has 5 rings (SSSR count). The van der Waals surface area contributed by atoms with E-state index in [0.717, 1.165) is 21.8 Å². The molecule has 0 saturated heterocycles. The molecule has 7 nitrogen and oxygen atoms in total. The highest BCUT2D eigenvalue weighted by atomic mass is 32.1. The van der Waals surface area contributed by atoms with Gasteiger partial charge in [-0.15, -0.1) is 16.4 Å². The van der Waals surface area contributed by atoms with Crippen LogP contribution in [0.2, 0.25) is 0 Å². The average Bonchev–Trinajstić information content (AvgIpc) is 3.08. The van der Waals surface area contributed by atoms with Crippen molar-refractivity contribution in [3.8, 4) is 5.69 Å². The third-order valence-corrected chi connectivity index (χ3v) is 6.11. The Kier molecular flexibility index (Phi) is 4.04. The summed E-state index contributed by atoms with van der Waals surface area (Å²) in [5.41, 5.74) is 3.39. The molecular weight excluding hydrogens is 362 g/mol. The fourth-order valence-corrected chi connectivity index (χ4v) is 4.61. The zero-order chi connectivity index (χ0) is 18.4. The van der Waals surface area contributed by atoms with Crippen LogP contribution in [0.15, 0.2) is 43.0 Å². The molecule has 0 radical (unpaired) electrons. The summed E-state index contributed by atoms with van der Waals surface area (Å²) in [5, 5.41) is 19.5. The van der Waals surface area contributed by atoms with E-state index in [2.05, 4.69) is 15.3 Å². The first-order valence-corrected chi connectivity index (χ1v) is 9.69. The quantitative estimate of drug-likeness (QED) is 0.555. The van der Waals surface area contributed by atoms with Crippen LogP contribution in [0.25, 0.3) is 10.5 Å². The van der Waals surface area contributed by atoms with E-state index >= 15 is 0 Å². The molecule has 0 aliphatic heterocycles. The molecule has 1 fully saturated rings. The molecule has 3 aromatic heterocycles. The fourth-order valence-electron chi connectivity index (χ4n) is 3.31. The Morgan fingerprint density at radius 1 is 1.30 bits per heavy atom. The lowest BCUT2D eigenvalue weighted by atomic mass is 10.1. The van der Waals surface area contributed by atoms with E-state index in [4.69, 9.17) is 4.74 Å². The van der Waals surface area contributed by atoms with Crippen LogP contribution < -0.4 is 0 Å². The smallest absolute Gasteiger partial charge is 0.141 e. The topological polar surface area (TPSA) is 77.5 Å². The van der Waals surface area contributed by atoms with E-state index in [-0.39, 0.29) is 0 Å². The van der Waals surface area contributed by atoms with Gasteiger partial charge < -0.3 is 9.84 Å². The molecule has 0 amide bonds. The SMILES string of the molecule is COCc1ccc(-n2cc(C(O)c3c(C4CC4)sc4cncn34)nn2)cc1. The van der Waals surface area contributed by atoms with E-state index in [1.54, 1.807) is 35.7 Å². The summed E-state index contributed by atoms with van der Waals surface area (Å²) in [7, 11) is 1.68. The minimum Gasteiger partial charge on any atom is -0.380 e. The molecule has 8 heteroatoms. The van der Waals surface area contributed by atoms with Gasteiger partial charge >= 0.3 is 0 Å². The molecule has 1 N–H and O–H groups in total. The standard InChI is InChI=1S/C19H19N5O2S/c1-26-10-12-2-6-14(7-3-12)24-9-15(21-22-24)18(25)17-19(13-4-5-13)27-16-8-20-11-23(16)17/h2-3,6-9,11,13,18,25H,4-5,10H2,1H3. The molecule has 1 aliphatic rings. The Balaban J connectivity index is 1.47. The number of aliphatic hydroxyl groups is 1. The molecular formula is C19H19N5O2S. The molecule has 4 aromatic rings. The number of imidazole rings is 1. The predicted molar refractivity (Wildman–Crippen MR) is 101 cm³/mol. The number of aromatic nitrogens is 5. The van der Waals surface area contributed by atoms with Crippen molar-refractivity contribution in [2.75, 3.05) is 7.11 Å². The summed E-state index contributed by atoms with van der Waals surface area (Å²) in [6.45, 7) is 0.574. The predicted octanol–water partition coefficient (Wildman–Crippen LogP) is 3.08. The Hall–Kier alpha value is -2.55. The fraction of sp³-hybridized carbons (Fsp3) is 0.316. The maximum atomic E-state index is 11.1. The Morgan fingerprint density at radius 2 is 2.11 bits per heavy atom. The summed E-state index contributed by atoms with van der Waals surface area (Å²) >= 11 is 1.71. The summed E-state index contributed by atoms with van der Waals surface area (Å²) in [5.74, 6) is 0.544. The Labute approximate surface area is 159 Å². The van der Waals surface area contributed by atoms with Crippen LogP contribution >= 0.6 is 11.3 Å². The molecule has 1 aliphatic carbocycles. The lowest BCUT2D eigenvalue weighted by Gasteiger charge is -2.09. The van der Waals surface area contributed by atoms with Crippen molar-refractivity contribution in [3.63, 3.8) is 0 Å². The zero-order valence-corrected chi connectivity index (χ0v) is 15.6. The minimum atomic E-state index is -0.829. The molecule has 138 valence electrons. The van der Waals surface area contributed by atoms with Gasteiger partial charge in [0, 0.05) is 12.0 Å². The van der Waals surface area contributed by atoms with Gasteiger partial charge in [0.2, 0.25) is 0 Å². The number of hydrogen-bond acceptors (Lipinski definition) is 6. The van der Waals surface area contributed by atoms with Crippen molar-refractivity contribution in [3.05, 3.63) is 64.8 Å². The van der Waals surface area contributed by atoms with E-state index in [9.17, 15) is 5.11 Å². The molecule has 1 saturated carbocycles. The maximum Gasteiger partial charge on any atom is 0.141 e. The number of ether oxygens (including phenoxy) is 1. The van der Waals surface area contributed by atoms with Gasteiger partial charge in [0.1, 0.15) is 23.0 Å². The lowest BCUT2D eigenvalue weighted by Crippen LogP contribution is -2.06. The van der Waals surface area contributed by atoms with Gasteiger partial charge in [-0.25, -0.2) is 9.67 Å². The third-order valence-electron chi connectivity index (χ3n) is 4.84. The highest BCUT2D eigenvalue weighted by Crippen LogP contribution is 2.47. The number of thiazole rings is 1. The van der Waals surface area contributed by atoms with Gasteiger partial charge in [-0.1, -0.05) is 17.3 Å². The molecule has 27 heavy (non-hydrogen) atoms. The van der Waals surface area contributed by atoms with Crippen LogP contribution in [0.3, 0.4) is 0 Å². The summed E-state index contributed by atoms with van der Waals surface area (Å²) in [6.07, 6.45) is 6.91. The van der Waals surface area contributed by atoms with Gasteiger partial charge in [-0.05, 0) is 36.5 Å². The van der Waals surface area contributed by atoms with Crippen molar-refractivity contribution in [2.45, 2.75) is 31.5 Å². The molecule has 1 unspecified atom stereocenters. The Bertz CT molecular complexity index is 1080. The number of benzene rings is 1. The first-order chi connectivity index (χ1) is 13.2. The van der Waals surface area contributed by atoms with Gasteiger partial charge in [0.15, 0.2) is 0 Å². The van der Waals surface area contributed by atoms with Crippen LogP contribution in [0, 0.1) is 0 Å². The van der Waals surface area contributed by atoms with E-state index in [0.29, 0.717) is 18.2 Å². The van der Waals surface area contributed by atoms with Crippen LogP contribution in [-0.2, 0) is 11.3 Å². The van der Waals surface area contributed by atoms with E-state index in [1.165, 1.54) is 17.7 Å². The van der Waals surface area contributed by atoms with Crippen LogP contribution in [0.4, 0.5) is 0 Å². The molecule has 0 spiro atoms. The van der Waals surface area contributed by atoms with E-state index in [1.807, 2.05) is 34.9 Å². The first-order valence-electron chi connectivity index (χ1n) is 8.88. The van der Waals surface area contributed by atoms with Crippen molar-refractivity contribution in [1.29, 1.82) is 0 Å². The third kappa shape index (κ3) is 2.95. The number of hydrogen-bond donors (Lipinski definition) is 1. The zero-order valence-electron chi connectivity index (χ0n) is 14.8. The van der Waals surface area contributed by atoms with Crippen LogP contribution in [-0.4, -0.2) is 36.6 Å². The lowest BCUT2D eigenvalue weighted by molar-refractivity contribution is 0.185. The summed E-state index contributed by atoms with van der Waals surface area (Å²) < 4.78 is 8.80. The summed E-state index contributed by atoms with van der Waals surface area (Å²) in [6, 6.07) is 7.92. The number of aliphatic hydroxyl groups excluding tert-OH is 1. The second-order valence-corrected chi connectivity index (χ2v) is 7.88. The monoisotopic (exact) mass is 381 g/mol. The second kappa shape index (κ2) is 6.56. The first kappa shape index (κ1) is 16.6. The largest absolute Gasteiger partial charge is 0.380 e. The molecule has 1 aromatic carbocycles. The van der Waals surface area contributed by atoms with Crippen molar-refractivity contribution >= 4 is 16.2 Å². The summed E-state index contributed by atoms with van der Waals surface area (Å²) in [4.78, 5) is 6.49. The minimum absolute atomic E-state index is 0.534. The number of methoxy groups -OCH3 is 1. The van der Waals surface area contributed by atoms with Crippen LogP contribution in [0.5, 0.6) is 0 Å². The molecule has 3 heterocycles. The Morgan fingerprint density at radius 3 is 2.85 bits per heavy atom.